The second-order valence-electron chi connectivity index (χ2n) is 7.87. The fourth-order valence-corrected chi connectivity index (χ4v) is 5.14. The van der Waals surface area contributed by atoms with Gasteiger partial charge in [-0.3, -0.25) is 14.4 Å². The molecule has 3 aliphatic heterocycles. The second-order valence-corrected chi connectivity index (χ2v) is 9.11. The maximum atomic E-state index is 12.9. The van der Waals surface area contributed by atoms with Crippen molar-refractivity contribution in [3.05, 3.63) is 48.5 Å². The number of piperazine rings is 1. The van der Waals surface area contributed by atoms with E-state index in [1.807, 2.05) is 42.5 Å². The van der Waals surface area contributed by atoms with Crippen LogP contribution in [0.4, 0.5) is 5.69 Å². The largest absolute Gasteiger partial charge is 0.485 e. The van der Waals surface area contributed by atoms with Crippen LogP contribution < -0.4 is 14.8 Å². The van der Waals surface area contributed by atoms with Gasteiger partial charge in [-0.1, -0.05) is 24.3 Å². The number of nitrogens with zero attached hydrogens (tertiary/aromatic N) is 2. The fraction of sp³-hybridized carbons (Fsp3) is 0.348. The molecule has 1 saturated heterocycles. The molecule has 1 N–H and O–H groups in total. The molecule has 3 aliphatic rings. The smallest absolute Gasteiger partial charge is 0.267 e. The molecule has 0 aromatic heterocycles. The van der Waals surface area contributed by atoms with Crippen molar-refractivity contribution in [1.82, 2.24) is 9.80 Å². The third-order valence-corrected chi connectivity index (χ3v) is 7.07. The van der Waals surface area contributed by atoms with Crippen LogP contribution in [0.25, 0.3) is 0 Å². The highest BCUT2D eigenvalue weighted by molar-refractivity contribution is 8.01. The summed E-state index contributed by atoms with van der Waals surface area (Å²) in [5, 5.41) is 2.42. The summed E-state index contributed by atoms with van der Waals surface area (Å²) in [4.78, 5) is 42.5. The summed E-state index contributed by atoms with van der Waals surface area (Å²) >= 11 is 1.42. The zero-order valence-corrected chi connectivity index (χ0v) is 18.2. The van der Waals surface area contributed by atoms with E-state index >= 15 is 0 Å². The number of anilines is 1. The lowest BCUT2D eigenvalue weighted by Gasteiger charge is -2.37. The van der Waals surface area contributed by atoms with Crippen LogP contribution in [0.15, 0.2) is 53.4 Å². The van der Waals surface area contributed by atoms with E-state index < -0.39 is 11.4 Å². The molecule has 2 aromatic rings. The maximum Gasteiger partial charge on any atom is 0.267 e. The number of para-hydroxylation sites is 3. The van der Waals surface area contributed by atoms with Crippen molar-refractivity contribution < 1.29 is 23.9 Å². The number of benzene rings is 2. The van der Waals surface area contributed by atoms with Gasteiger partial charge in [-0.15, -0.1) is 11.8 Å². The third kappa shape index (κ3) is 4.12. The first-order valence-corrected chi connectivity index (χ1v) is 11.5. The van der Waals surface area contributed by atoms with Crippen molar-refractivity contribution in [3.8, 4) is 11.5 Å². The second kappa shape index (κ2) is 8.74. The van der Waals surface area contributed by atoms with Crippen molar-refractivity contribution in [3.63, 3.8) is 0 Å². The van der Waals surface area contributed by atoms with E-state index in [9.17, 15) is 14.4 Å². The summed E-state index contributed by atoms with van der Waals surface area (Å²) in [6.45, 7) is 1.90. The van der Waals surface area contributed by atoms with Gasteiger partial charge in [0.25, 0.3) is 5.91 Å². The summed E-state index contributed by atoms with van der Waals surface area (Å²) < 4.78 is 11.5. The van der Waals surface area contributed by atoms with Crippen LogP contribution in [-0.4, -0.2) is 71.7 Å². The Labute approximate surface area is 189 Å². The zero-order valence-electron chi connectivity index (χ0n) is 17.4. The van der Waals surface area contributed by atoms with Crippen LogP contribution in [-0.2, 0) is 14.4 Å². The molecule has 0 saturated carbocycles. The van der Waals surface area contributed by atoms with Crippen molar-refractivity contribution in [2.75, 3.05) is 38.1 Å². The fourth-order valence-electron chi connectivity index (χ4n) is 4.04. The van der Waals surface area contributed by atoms with E-state index in [4.69, 9.17) is 9.47 Å². The summed E-state index contributed by atoms with van der Waals surface area (Å²) in [6.07, 6.45) is -0.552. The van der Waals surface area contributed by atoms with Crippen molar-refractivity contribution in [1.29, 1.82) is 0 Å². The van der Waals surface area contributed by atoms with Gasteiger partial charge >= 0.3 is 0 Å². The van der Waals surface area contributed by atoms with Crippen molar-refractivity contribution in [2.45, 2.75) is 22.7 Å². The molecule has 166 valence electrons. The molecule has 9 heteroatoms. The Morgan fingerprint density at radius 2 is 1.66 bits per heavy atom. The zero-order chi connectivity index (χ0) is 22.1. The van der Waals surface area contributed by atoms with E-state index in [0.29, 0.717) is 37.7 Å². The standard InChI is InChI=1S/C23H23N3O5S/c27-21(13-20-22(28)24-15-5-1-4-8-19(15)32-20)25-9-11-26(12-10-25)23(29)18-14-30-16-6-2-3-7-17(16)31-18/h1-8,18,20H,9-14H2,(H,24,28). The Balaban J connectivity index is 1.14. The Hall–Kier alpha value is -3.20. The molecular formula is C23H23N3O5S. The minimum atomic E-state index is -0.686. The topological polar surface area (TPSA) is 88.2 Å². The Morgan fingerprint density at radius 3 is 2.47 bits per heavy atom. The first kappa shape index (κ1) is 20.7. The number of fused-ring (bicyclic) bond motifs is 2. The molecule has 0 spiro atoms. The van der Waals surface area contributed by atoms with Gasteiger partial charge in [0, 0.05) is 37.5 Å². The van der Waals surface area contributed by atoms with Gasteiger partial charge in [0.05, 0.1) is 10.9 Å². The summed E-state index contributed by atoms with van der Waals surface area (Å²) in [5.41, 5.74) is 0.787. The molecule has 3 heterocycles. The molecule has 0 bridgehead atoms. The highest BCUT2D eigenvalue weighted by Crippen LogP contribution is 2.37. The average Bonchev–Trinajstić information content (AvgIpc) is 2.84. The van der Waals surface area contributed by atoms with Crippen LogP contribution in [0.2, 0.25) is 0 Å². The van der Waals surface area contributed by atoms with Gasteiger partial charge in [0.1, 0.15) is 6.61 Å². The monoisotopic (exact) mass is 453 g/mol. The van der Waals surface area contributed by atoms with Crippen LogP contribution in [0.5, 0.6) is 11.5 Å². The van der Waals surface area contributed by atoms with E-state index in [1.54, 1.807) is 15.9 Å². The van der Waals surface area contributed by atoms with Crippen molar-refractivity contribution in [2.24, 2.45) is 0 Å². The molecule has 3 amide bonds. The predicted molar refractivity (Wildman–Crippen MR) is 119 cm³/mol. The van der Waals surface area contributed by atoms with Crippen LogP contribution >= 0.6 is 11.8 Å². The SMILES string of the molecule is O=C1Nc2ccccc2SC1CC(=O)N1CCN(C(=O)C2COc3ccccc3O2)CC1. The number of nitrogens with one attached hydrogen (secondary N) is 1. The number of carbonyl (C=O) groups excluding carboxylic acids is 3. The lowest BCUT2D eigenvalue weighted by Crippen LogP contribution is -2.55. The number of carbonyl (C=O) groups is 3. The number of amides is 3. The van der Waals surface area contributed by atoms with Crippen molar-refractivity contribution >= 4 is 35.2 Å². The molecule has 2 unspecified atom stereocenters. The van der Waals surface area contributed by atoms with Gasteiger partial charge in [-0.2, -0.15) is 0 Å². The minimum absolute atomic E-state index is 0.0738. The number of ether oxygens (including phenoxy) is 2. The van der Waals surface area contributed by atoms with E-state index in [2.05, 4.69) is 5.32 Å². The molecule has 5 rings (SSSR count). The molecule has 8 nitrogen and oxygen atoms in total. The number of thioether (sulfide) groups is 1. The first-order chi connectivity index (χ1) is 15.6. The lowest BCUT2D eigenvalue weighted by molar-refractivity contribution is -0.146. The minimum Gasteiger partial charge on any atom is -0.485 e. The first-order valence-electron chi connectivity index (χ1n) is 10.6. The maximum absolute atomic E-state index is 12.9. The quantitative estimate of drug-likeness (QED) is 0.765. The molecule has 32 heavy (non-hydrogen) atoms. The van der Waals surface area contributed by atoms with E-state index in [-0.39, 0.29) is 30.7 Å². The van der Waals surface area contributed by atoms with Gasteiger partial charge < -0.3 is 24.6 Å². The highest BCUT2D eigenvalue weighted by Gasteiger charge is 2.35. The Morgan fingerprint density at radius 1 is 0.969 bits per heavy atom. The summed E-state index contributed by atoms with van der Waals surface area (Å²) in [7, 11) is 0. The molecule has 0 aliphatic carbocycles. The molecule has 0 radical (unpaired) electrons. The Kier molecular flexibility index (Phi) is 5.65. The van der Waals surface area contributed by atoms with Crippen LogP contribution in [0.1, 0.15) is 6.42 Å². The van der Waals surface area contributed by atoms with Crippen LogP contribution in [0.3, 0.4) is 0 Å². The van der Waals surface area contributed by atoms with Gasteiger partial charge in [0.15, 0.2) is 11.5 Å². The summed E-state index contributed by atoms with van der Waals surface area (Å²) in [6, 6.07) is 14.9. The molecular weight excluding hydrogens is 430 g/mol. The van der Waals surface area contributed by atoms with E-state index in [1.165, 1.54) is 11.8 Å². The lowest BCUT2D eigenvalue weighted by atomic mass is 10.2. The van der Waals surface area contributed by atoms with Crippen LogP contribution in [0, 0.1) is 0 Å². The Bertz CT molecular complexity index is 1050. The average molecular weight is 454 g/mol. The number of hydrogen-bond donors (Lipinski definition) is 1. The van der Waals surface area contributed by atoms with Gasteiger partial charge in [-0.05, 0) is 24.3 Å². The normalized spacial score (nSPS) is 22.1. The highest BCUT2D eigenvalue weighted by atomic mass is 32.2. The summed E-state index contributed by atoms with van der Waals surface area (Å²) in [5.74, 6) is 0.848. The molecule has 2 atom stereocenters. The third-order valence-electron chi connectivity index (χ3n) is 5.79. The number of hydrogen-bond acceptors (Lipinski definition) is 6. The number of rotatable bonds is 3. The predicted octanol–water partition coefficient (Wildman–Crippen LogP) is 2.00. The van der Waals surface area contributed by atoms with Gasteiger partial charge in [-0.25, -0.2) is 0 Å². The van der Waals surface area contributed by atoms with E-state index in [0.717, 1.165) is 10.6 Å². The molecule has 2 aromatic carbocycles. The molecule has 1 fully saturated rings. The van der Waals surface area contributed by atoms with Gasteiger partial charge in [0.2, 0.25) is 17.9 Å².